The van der Waals surface area contributed by atoms with Gasteiger partial charge in [0.05, 0.1) is 7.11 Å². The number of thiocarbonyl (C=S) groups is 1. The SMILES string of the molecule is COC(=O)[C@H](CNC(=S)NC1OC(COC(C)=O)[C@@H](OC(C)=O)C(OC(C)=O)C1OC(C)=O)NC(=O)OCc1ccccc1. The summed E-state index contributed by atoms with van der Waals surface area (Å²) in [5.41, 5.74) is 0.727. The maximum Gasteiger partial charge on any atom is 0.408 e. The average Bonchev–Trinajstić information content (AvgIpc) is 2.95. The highest BCUT2D eigenvalue weighted by Crippen LogP contribution is 2.28. The van der Waals surface area contributed by atoms with E-state index in [0.29, 0.717) is 0 Å². The second-order valence-electron chi connectivity index (χ2n) is 9.26. The van der Waals surface area contributed by atoms with Crippen molar-refractivity contribution in [3.05, 3.63) is 35.9 Å². The molecule has 242 valence electrons. The van der Waals surface area contributed by atoms with Crippen molar-refractivity contribution < 1.29 is 61.9 Å². The number of nitrogens with one attached hydrogen (secondary N) is 3. The molecule has 1 aliphatic heterocycles. The van der Waals surface area contributed by atoms with Gasteiger partial charge >= 0.3 is 35.9 Å². The molecule has 0 aliphatic carbocycles. The Morgan fingerprint density at radius 3 is 2.00 bits per heavy atom. The molecule has 0 spiro atoms. The van der Waals surface area contributed by atoms with Crippen molar-refractivity contribution in [3.63, 3.8) is 0 Å². The monoisotopic (exact) mass is 641 g/mol. The zero-order valence-corrected chi connectivity index (χ0v) is 25.5. The van der Waals surface area contributed by atoms with Crippen molar-refractivity contribution >= 4 is 53.3 Å². The Kier molecular flexibility index (Phi) is 14.2. The van der Waals surface area contributed by atoms with E-state index < -0.39 is 79.2 Å². The zero-order chi connectivity index (χ0) is 32.8. The summed E-state index contributed by atoms with van der Waals surface area (Å²) >= 11 is 5.32. The third-order valence-corrected chi connectivity index (χ3v) is 5.98. The minimum Gasteiger partial charge on any atom is -0.467 e. The summed E-state index contributed by atoms with van der Waals surface area (Å²) in [4.78, 5) is 72.0. The van der Waals surface area contributed by atoms with Gasteiger partial charge in [-0.25, -0.2) is 9.59 Å². The highest BCUT2D eigenvalue weighted by Gasteiger charge is 2.52. The van der Waals surface area contributed by atoms with Crippen LogP contribution in [0.1, 0.15) is 33.3 Å². The van der Waals surface area contributed by atoms with Crippen LogP contribution in [0.15, 0.2) is 30.3 Å². The van der Waals surface area contributed by atoms with Gasteiger partial charge in [0.25, 0.3) is 0 Å². The van der Waals surface area contributed by atoms with Crippen LogP contribution in [0.4, 0.5) is 4.79 Å². The van der Waals surface area contributed by atoms with Crippen LogP contribution in [0.5, 0.6) is 0 Å². The van der Waals surface area contributed by atoms with Crippen LogP contribution in [-0.2, 0) is 63.7 Å². The van der Waals surface area contributed by atoms with Gasteiger partial charge in [-0.1, -0.05) is 30.3 Å². The molecule has 1 aromatic rings. The molecule has 0 saturated carbocycles. The Hall–Kier alpha value is -4.51. The molecule has 6 atom stereocenters. The number of carbonyl (C=O) groups excluding carboxylic acids is 6. The van der Waals surface area contributed by atoms with Crippen molar-refractivity contribution in [1.29, 1.82) is 0 Å². The molecule has 1 aromatic carbocycles. The molecular weight excluding hydrogens is 606 g/mol. The summed E-state index contributed by atoms with van der Waals surface area (Å²) in [7, 11) is 1.13. The number of rotatable bonds is 12. The Bertz CT molecular complexity index is 1200. The molecule has 17 heteroatoms. The summed E-state index contributed by atoms with van der Waals surface area (Å²) in [6, 6.07) is 7.61. The van der Waals surface area contributed by atoms with Gasteiger partial charge < -0.3 is 49.1 Å². The Morgan fingerprint density at radius 2 is 1.43 bits per heavy atom. The number of carbonyl (C=O) groups is 6. The van der Waals surface area contributed by atoms with E-state index in [4.69, 9.17) is 45.4 Å². The molecule has 1 saturated heterocycles. The molecule has 0 aromatic heterocycles. The lowest BCUT2D eigenvalue weighted by Gasteiger charge is -2.44. The standard InChI is InChI=1S/C27H35N3O13S/c1-14(31)38-13-20-21(40-15(2)32)22(41-16(3)33)23(42-17(4)34)24(43-20)30-26(44)28-11-19(25(35)37-5)29-27(36)39-12-18-9-7-6-8-10-18/h6-10,19-24H,11-13H2,1-5H3,(H,29,36)(H2,28,30,44)/t19-,20?,21+,22?,23?,24?/m0/s1. The summed E-state index contributed by atoms with van der Waals surface area (Å²) in [6.07, 6.45) is -7.64. The second kappa shape index (κ2) is 17.6. The second-order valence-corrected chi connectivity index (χ2v) is 9.66. The van der Waals surface area contributed by atoms with Crippen molar-refractivity contribution in [1.82, 2.24) is 16.0 Å². The van der Waals surface area contributed by atoms with Crippen molar-refractivity contribution in [3.8, 4) is 0 Å². The van der Waals surface area contributed by atoms with Gasteiger partial charge in [-0.05, 0) is 17.8 Å². The number of esters is 5. The quantitative estimate of drug-likeness (QED) is 0.156. The van der Waals surface area contributed by atoms with Gasteiger partial charge in [-0.3, -0.25) is 19.2 Å². The van der Waals surface area contributed by atoms with Crippen LogP contribution >= 0.6 is 12.2 Å². The van der Waals surface area contributed by atoms with E-state index >= 15 is 0 Å². The topological polar surface area (TPSA) is 203 Å². The summed E-state index contributed by atoms with van der Waals surface area (Å²) < 4.78 is 36.9. The van der Waals surface area contributed by atoms with Gasteiger partial charge in [-0.15, -0.1) is 0 Å². The lowest BCUT2D eigenvalue weighted by Crippen LogP contribution is -2.67. The first-order chi connectivity index (χ1) is 20.8. The van der Waals surface area contributed by atoms with Crippen molar-refractivity contribution in [2.75, 3.05) is 20.3 Å². The number of hydrogen-bond acceptors (Lipinski definition) is 14. The van der Waals surface area contributed by atoms with E-state index in [1.54, 1.807) is 30.3 Å². The lowest BCUT2D eigenvalue weighted by molar-refractivity contribution is -0.254. The third kappa shape index (κ3) is 12.0. The lowest BCUT2D eigenvalue weighted by atomic mass is 9.97. The number of benzene rings is 1. The maximum absolute atomic E-state index is 12.3. The molecule has 1 heterocycles. The number of ether oxygens (including phenoxy) is 7. The number of hydrogen-bond donors (Lipinski definition) is 3. The van der Waals surface area contributed by atoms with E-state index in [2.05, 4.69) is 16.0 Å². The predicted molar refractivity (Wildman–Crippen MR) is 151 cm³/mol. The van der Waals surface area contributed by atoms with Crippen molar-refractivity contribution in [2.45, 2.75) is 71.0 Å². The normalized spacial score (nSPS) is 21.3. The summed E-state index contributed by atoms with van der Waals surface area (Å²) in [5.74, 6) is -3.87. The molecule has 1 fully saturated rings. The van der Waals surface area contributed by atoms with Crippen LogP contribution < -0.4 is 16.0 Å². The Morgan fingerprint density at radius 1 is 0.841 bits per heavy atom. The molecule has 4 unspecified atom stereocenters. The van der Waals surface area contributed by atoms with Gasteiger partial charge in [0.1, 0.15) is 25.4 Å². The van der Waals surface area contributed by atoms with Crippen LogP contribution in [0.3, 0.4) is 0 Å². The molecule has 3 N–H and O–H groups in total. The Labute approximate surface area is 258 Å². The van der Waals surface area contributed by atoms with Crippen LogP contribution in [0.25, 0.3) is 0 Å². The van der Waals surface area contributed by atoms with Gasteiger partial charge in [0.15, 0.2) is 29.7 Å². The summed E-state index contributed by atoms with van der Waals surface area (Å²) in [6.45, 7) is 3.66. The van der Waals surface area contributed by atoms with Gasteiger partial charge in [-0.2, -0.15) is 0 Å². The first kappa shape index (κ1) is 35.7. The van der Waals surface area contributed by atoms with Crippen molar-refractivity contribution in [2.24, 2.45) is 0 Å². The highest BCUT2D eigenvalue weighted by molar-refractivity contribution is 7.80. The van der Waals surface area contributed by atoms with E-state index in [9.17, 15) is 28.8 Å². The minimum atomic E-state index is -1.42. The molecule has 0 radical (unpaired) electrons. The molecule has 44 heavy (non-hydrogen) atoms. The van der Waals surface area contributed by atoms with E-state index in [1.807, 2.05) is 0 Å². The van der Waals surface area contributed by atoms with E-state index in [1.165, 1.54) is 0 Å². The fourth-order valence-corrected chi connectivity index (χ4v) is 4.16. The molecule has 2 rings (SSSR count). The van der Waals surface area contributed by atoms with Gasteiger partial charge in [0.2, 0.25) is 0 Å². The van der Waals surface area contributed by atoms with E-state index in [-0.39, 0.29) is 18.3 Å². The first-order valence-corrected chi connectivity index (χ1v) is 13.6. The maximum atomic E-state index is 12.3. The fourth-order valence-electron chi connectivity index (χ4n) is 3.96. The number of amides is 1. The Balaban J connectivity index is 2.18. The number of methoxy groups -OCH3 is 1. The first-order valence-electron chi connectivity index (χ1n) is 13.2. The summed E-state index contributed by atoms with van der Waals surface area (Å²) in [5, 5.41) is 7.66. The minimum absolute atomic E-state index is 0.0448. The van der Waals surface area contributed by atoms with Crippen LogP contribution in [0, 0.1) is 0 Å². The smallest absolute Gasteiger partial charge is 0.408 e. The van der Waals surface area contributed by atoms with Crippen LogP contribution in [-0.4, -0.2) is 98.0 Å². The number of alkyl carbamates (subject to hydrolysis) is 1. The van der Waals surface area contributed by atoms with Gasteiger partial charge in [0, 0.05) is 34.2 Å². The molecular formula is C27H35N3O13S. The predicted octanol–water partition coefficient (Wildman–Crippen LogP) is 0.00160. The molecule has 1 amide bonds. The van der Waals surface area contributed by atoms with Crippen LogP contribution in [0.2, 0.25) is 0 Å². The molecule has 1 aliphatic rings. The average molecular weight is 642 g/mol. The fraction of sp³-hybridized carbons (Fsp3) is 0.519. The highest BCUT2D eigenvalue weighted by atomic mass is 32.1. The molecule has 16 nitrogen and oxygen atoms in total. The van der Waals surface area contributed by atoms with E-state index in [0.717, 1.165) is 40.4 Å². The molecule has 0 bridgehead atoms. The third-order valence-electron chi connectivity index (χ3n) is 5.72. The largest absolute Gasteiger partial charge is 0.467 e. The zero-order valence-electron chi connectivity index (χ0n) is 24.7.